The molecule has 7 heteroatoms. The summed E-state index contributed by atoms with van der Waals surface area (Å²) in [7, 11) is 0. The summed E-state index contributed by atoms with van der Waals surface area (Å²) in [6, 6.07) is 0.928. The van der Waals surface area contributed by atoms with Crippen molar-refractivity contribution in [1.82, 2.24) is 5.32 Å². The number of urea groups is 1. The average Bonchev–Trinajstić information content (AvgIpc) is 2.82. The van der Waals surface area contributed by atoms with E-state index in [1.54, 1.807) is 0 Å². The zero-order chi connectivity index (χ0) is 15.9. The van der Waals surface area contributed by atoms with E-state index in [4.69, 9.17) is 4.74 Å². The molecule has 0 saturated carbocycles. The number of halogens is 2. The van der Waals surface area contributed by atoms with E-state index in [1.807, 2.05) is 0 Å². The number of imide groups is 1. The van der Waals surface area contributed by atoms with Crippen LogP contribution in [0.2, 0.25) is 0 Å². The van der Waals surface area contributed by atoms with Gasteiger partial charge in [0.15, 0.2) is 11.6 Å². The Bertz CT molecular complexity index is 629. The first kappa shape index (κ1) is 14.9. The van der Waals surface area contributed by atoms with Crippen molar-refractivity contribution in [3.63, 3.8) is 0 Å². The normalized spacial score (nSPS) is 23.0. The van der Waals surface area contributed by atoms with Crippen molar-refractivity contribution in [2.24, 2.45) is 5.92 Å². The predicted molar refractivity (Wildman–Crippen MR) is 74.4 cm³/mol. The van der Waals surface area contributed by atoms with Crippen LogP contribution in [0.1, 0.15) is 18.4 Å². The van der Waals surface area contributed by atoms with E-state index in [9.17, 15) is 18.4 Å². The number of carbonyl (C=O) groups excluding carboxylic acids is 2. The molecular weight excluding hydrogens is 294 g/mol. The Kier molecular flexibility index (Phi) is 3.82. The number of hydrogen-bond donors (Lipinski definition) is 1. The highest BCUT2D eigenvalue weighted by molar-refractivity contribution is 6.21. The fourth-order valence-corrected chi connectivity index (χ4v) is 2.98. The summed E-state index contributed by atoms with van der Waals surface area (Å²) in [6.07, 6.45) is 1.36. The second-order valence-electron chi connectivity index (χ2n) is 5.56. The summed E-state index contributed by atoms with van der Waals surface area (Å²) in [5.41, 5.74) is 0.0205. The van der Waals surface area contributed by atoms with Gasteiger partial charge in [0, 0.05) is 18.8 Å². The van der Waals surface area contributed by atoms with Gasteiger partial charge in [0.2, 0.25) is 0 Å². The van der Waals surface area contributed by atoms with Crippen LogP contribution in [0.15, 0.2) is 12.1 Å². The maximum absolute atomic E-state index is 13.7. The van der Waals surface area contributed by atoms with Gasteiger partial charge >= 0.3 is 6.03 Å². The second-order valence-corrected chi connectivity index (χ2v) is 5.56. The fourth-order valence-electron chi connectivity index (χ4n) is 2.98. The molecule has 1 aromatic rings. The lowest BCUT2D eigenvalue weighted by Gasteiger charge is -2.25. The van der Waals surface area contributed by atoms with Crippen LogP contribution < -0.4 is 10.2 Å². The van der Waals surface area contributed by atoms with Gasteiger partial charge in [0.25, 0.3) is 5.91 Å². The minimum atomic E-state index is -1.05. The van der Waals surface area contributed by atoms with Crippen LogP contribution >= 0.6 is 0 Å². The van der Waals surface area contributed by atoms with Crippen molar-refractivity contribution in [3.8, 4) is 0 Å². The summed E-state index contributed by atoms with van der Waals surface area (Å²) < 4.78 is 32.2. The predicted octanol–water partition coefficient (Wildman–Crippen LogP) is 2.12. The molecule has 0 aromatic heterocycles. The van der Waals surface area contributed by atoms with Crippen LogP contribution in [0.4, 0.5) is 19.3 Å². The molecule has 3 amide bonds. The first-order valence-corrected chi connectivity index (χ1v) is 7.17. The van der Waals surface area contributed by atoms with Crippen molar-refractivity contribution >= 4 is 17.6 Å². The number of rotatable bonds is 2. The third-order valence-electron chi connectivity index (χ3n) is 4.26. The van der Waals surface area contributed by atoms with Crippen LogP contribution in [-0.4, -0.2) is 31.2 Å². The molecule has 1 aromatic carbocycles. The Hall–Kier alpha value is -2.02. The molecule has 22 heavy (non-hydrogen) atoms. The summed E-state index contributed by atoms with van der Waals surface area (Å²) in [5, 5.41) is 2.65. The third-order valence-corrected chi connectivity index (χ3v) is 4.26. The van der Waals surface area contributed by atoms with Crippen molar-refractivity contribution in [2.75, 3.05) is 18.1 Å². The lowest BCUT2D eigenvalue weighted by Crippen LogP contribution is -2.40. The van der Waals surface area contributed by atoms with Gasteiger partial charge in [-0.15, -0.1) is 0 Å². The largest absolute Gasteiger partial charge is 0.381 e. The molecule has 1 unspecified atom stereocenters. The maximum atomic E-state index is 13.7. The SMILES string of the molecule is Cc1c(N2C(=O)NC(C3CCOCC3)C2=O)ccc(F)c1F. The number of nitrogens with zero attached hydrogens (tertiary/aromatic N) is 1. The highest BCUT2D eigenvalue weighted by Crippen LogP contribution is 2.30. The van der Waals surface area contributed by atoms with Gasteiger partial charge in [0.05, 0.1) is 5.69 Å². The zero-order valence-corrected chi connectivity index (χ0v) is 12.1. The number of hydrogen-bond acceptors (Lipinski definition) is 3. The van der Waals surface area contributed by atoms with E-state index in [0.29, 0.717) is 26.1 Å². The lowest BCUT2D eigenvalue weighted by atomic mass is 9.91. The summed E-state index contributed by atoms with van der Waals surface area (Å²) in [5.74, 6) is -2.48. The van der Waals surface area contributed by atoms with Gasteiger partial charge in [-0.3, -0.25) is 4.79 Å². The molecule has 1 atom stereocenters. The van der Waals surface area contributed by atoms with Crippen LogP contribution in [0.25, 0.3) is 0 Å². The number of anilines is 1. The Morgan fingerprint density at radius 1 is 1.23 bits per heavy atom. The highest BCUT2D eigenvalue weighted by Gasteiger charge is 2.44. The van der Waals surface area contributed by atoms with Crippen LogP contribution in [-0.2, 0) is 9.53 Å². The molecule has 2 heterocycles. The molecule has 2 aliphatic heterocycles. The number of benzene rings is 1. The Labute approximate surface area is 126 Å². The third kappa shape index (κ3) is 2.35. The number of nitrogens with one attached hydrogen (secondary N) is 1. The average molecular weight is 310 g/mol. The topological polar surface area (TPSA) is 58.6 Å². The molecule has 5 nitrogen and oxygen atoms in total. The monoisotopic (exact) mass is 310 g/mol. The van der Waals surface area contributed by atoms with Crippen LogP contribution in [0.5, 0.6) is 0 Å². The molecule has 2 saturated heterocycles. The smallest absolute Gasteiger partial charge is 0.329 e. The Morgan fingerprint density at radius 3 is 2.59 bits per heavy atom. The number of ether oxygens (including phenoxy) is 1. The zero-order valence-electron chi connectivity index (χ0n) is 12.1. The maximum Gasteiger partial charge on any atom is 0.329 e. The number of amides is 3. The van der Waals surface area contributed by atoms with Gasteiger partial charge in [-0.25, -0.2) is 18.5 Å². The highest BCUT2D eigenvalue weighted by atomic mass is 19.2. The number of carbonyl (C=O) groups is 2. The molecule has 118 valence electrons. The first-order chi connectivity index (χ1) is 10.5. The van der Waals surface area contributed by atoms with E-state index >= 15 is 0 Å². The van der Waals surface area contributed by atoms with Crippen molar-refractivity contribution in [2.45, 2.75) is 25.8 Å². The molecule has 1 N–H and O–H groups in total. The van der Waals surface area contributed by atoms with Gasteiger partial charge in [-0.05, 0) is 37.8 Å². The van der Waals surface area contributed by atoms with Crippen LogP contribution in [0.3, 0.4) is 0 Å². The minimum Gasteiger partial charge on any atom is -0.381 e. The molecule has 0 spiro atoms. The summed E-state index contributed by atoms with van der Waals surface area (Å²) in [4.78, 5) is 25.6. The summed E-state index contributed by atoms with van der Waals surface area (Å²) in [6.45, 7) is 2.44. The van der Waals surface area contributed by atoms with Crippen LogP contribution in [0, 0.1) is 24.5 Å². The standard InChI is InChI=1S/C15H16F2N2O3/c1-8-11(3-2-10(16)12(8)17)19-14(20)13(18-15(19)21)9-4-6-22-7-5-9/h2-3,9,13H,4-7H2,1H3,(H,18,21). The Morgan fingerprint density at radius 2 is 1.91 bits per heavy atom. The molecule has 2 fully saturated rings. The summed E-state index contributed by atoms with van der Waals surface area (Å²) >= 11 is 0. The van der Waals surface area contributed by atoms with Gasteiger partial charge in [0.1, 0.15) is 6.04 Å². The fraction of sp³-hybridized carbons (Fsp3) is 0.467. The quantitative estimate of drug-likeness (QED) is 0.851. The van der Waals surface area contributed by atoms with E-state index in [1.165, 1.54) is 13.0 Å². The lowest BCUT2D eigenvalue weighted by molar-refractivity contribution is -0.120. The molecule has 0 radical (unpaired) electrons. The van der Waals surface area contributed by atoms with E-state index < -0.39 is 29.6 Å². The first-order valence-electron chi connectivity index (χ1n) is 7.17. The van der Waals surface area contributed by atoms with Crippen molar-refractivity contribution < 1.29 is 23.1 Å². The molecule has 3 rings (SSSR count). The Balaban J connectivity index is 1.90. The molecular formula is C15H16F2N2O3. The van der Waals surface area contributed by atoms with Crippen molar-refractivity contribution in [1.29, 1.82) is 0 Å². The molecule has 2 aliphatic rings. The van der Waals surface area contributed by atoms with Gasteiger partial charge < -0.3 is 10.1 Å². The van der Waals surface area contributed by atoms with Gasteiger partial charge in [-0.1, -0.05) is 0 Å². The van der Waals surface area contributed by atoms with Crippen molar-refractivity contribution in [3.05, 3.63) is 29.3 Å². The minimum absolute atomic E-state index is 0.000742. The van der Waals surface area contributed by atoms with E-state index in [2.05, 4.69) is 5.32 Å². The van der Waals surface area contributed by atoms with E-state index in [0.717, 1.165) is 11.0 Å². The second kappa shape index (κ2) is 5.64. The molecule has 0 bridgehead atoms. The van der Waals surface area contributed by atoms with E-state index in [-0.39, 0.29) is 17.2 Å². The molecule has 0 aliphatic carbocycles. The van der Waals surface area contributed by atoms with Gasteiger partial charge in [-0.2, -0.15) is 0 Å².